The lowest BCUT2D eigenvalue weighted by molar-refractivity contribution is 0.222. The SMILES string of the molecule is CN1CCN(S(=O)(=O)c2cccc(-n3cnnn3)c2)CC1. The van der Waals surface area contributed by atoms with Gasteiger partial charge in [0.1, 0.15) is 6.33 Å². The Morgan fingerprint density at radius 3 is 2.57 bits per heavy atom. The molecular formula is C12H16N6O2S. The van der Waals surface area contributed by atoms with Crippen LogP contribution < -0.4 is 0 Å². The highest BCUT2D eigenvalue weighted by molar-refractivity contribution is 7.89. The minimum atomic E-state index is -3.47. The van der Waals surface area contributed by atoms with E-state index in [9.17, 15) is 8.42 Å². The maximum atomic E-state index is 12.7. The van der Waals surface area contributed by atoms with Crippen molar-refractivity contribution < 1.29 is 8.42 Å². The fourth-order valence-corrected chi connectivity index (χ4v) is 3.71. The van der Waals surface area contributed by atoms with E-state index in [1.54, 1.807) is 24.3 Å². The van der Waals surface area contributed by atoms with Gasteiger partial charge in [0.15, 0.2) is 0 Å². The molecule has 1 aromatic carbocycles. The minimum Gasteiger partial charge on any atom is -0.304 e. The number of benzene rings is 1. The number of aromatic nitrogens is 4. The first-order valence-electron chi connectivity index (χ1n) is 6.59. The van der Waals surface area contributed by atoms with Gasteiger partial charge in [-0.25, -0.2) is 13.1 Å². The molecule has 1 aliphatic rings. The molecule has 8 nitrogen and oxygen atoms in total. The van der Waals surface area contributed by atoms with Crippen molar-refractivity contribution in [3.05, 3.63) is 30.6 Å². The van der Waals surface area contributed by atoms with Crippen molar-refractivity contribution in [2.45, 2.75) is 4.90 Å². The Balaban J connectivity index is 1.91. The van der Waals surface area contributed by atoms with Gasteiger partial charge in [-0.2, -0.15) is 4.31 Å². The van der Waals surface area contributed by atoms with Gasteiger partial charge in [-0.3, -0.25) is 0 Å². The molecule has 2 heterocycles. The molecule has 2 aromatic rings. The number of hydrogen-bond acceptors (Lipinski definition) is 6. The van der Waals surface area contributed by atoms with E-state index in [0.717, 1.165) is 13.1 Å². The van der Waals surface area contributed by atoms with Crippen molar-refractivity contribution >= 4 is 10.0 Å². The molecule has 0 atom stereocenters. The molecule has 0 saturated carbocycles. The van der Waals surface area contributed by atoms with Gasteiger partial charge in [0.2, 0.25) is 10.0 Å². The monoisotopic (exact) mass is 308 g/mol. The summed E-state index contributed by atoms with van der Waals surface area (Å²) >= 11 is 0. The smallest absolute Gasteiger partial charge is 0.243 e. The predicted molar refractivity (Wildman–Crippen MR) is 75.4 cm³/mol. The zero-order chi connectivity index (χ0) is 14.9. The number of rotatable bonds is 3. The number of nitrogens with zero attached hydrogens (tertiary/aromatic N) is 6. The van der Waals surface area contributed by atoms with E-state index in [1.807, 2.05) is 7.05 Å². The van der Waals surface area contributed by atoms with Gasteiger partial charge in [0.25, 0.3) is 0 Å². The Hall–Kier alpha value is -1.84. The molecule has 112 valence electrons. The highest BCUT2D eigenvalue weighted by atomic mass is 32.2. The Morgan fingerprint density at radius 1 is 1.14 bits per heavy atom. The third kappa shape index (κ3) is 2.80. The van der Waals surface area contributed by atoms with E-state index in [4.69, 9.17) is 0 Å². The number of tetrazole rings is 1. The first-order valence-corrected chi connectivity index (χ1v) is 8.03. The molecule has 0 unspecified atom stereocenters. The first-order chi connectivity index (χ1) is 10.1. The number of piperazine rings is 1. The summed E-state index contributed by atoms with van der Waals surface area (Å²) in [5.74, 6) is 0. The van der Waals surface area contributed by atoms with Crippen LogP contribution in [0.4, 0.5) is 0 Å². The van der Waals surface area contributed by atoms with Crippen molar-refractivity contribution in [3.8, 4) is 5.69 Å². The fourth-order valence-electron chi connectivity index (χ4n) is 2.24. The van der Waals surface area contributed by atoms with E-state index in [1.165, 1.54) is 15.3 Å². The Labute approximate surface area is 123 Å². The Kier molecular flexibility index (Phi) is 3.70. The normalized spacial score (nSPS) is 18.0. The van der Waals surface area contributed by atoms with Crippen molar-refractivity contribution in [1.29, 1.82) is 0 Å². The number of hydrogen-bond donors (Lipinski definition) is 0. The quantitative estimate of drug-likeness (QED) is 0.767. The molecule has 1 aromatic heterocycles. The molecule has 3 rings (SSSR count). The lowest BCUT2D eigenvalue weighted by Crippen LogP contribution is -2.47. The molecule has 0 amide bonds. The summed E-state index contributed by atoms with van der Waals surface area (Å²) in [6, 6.07) is 6.64. The topological polar surface area (TPSA) is 84.2 Å². The van der Waals surface area contributed by atoms with Crippen LogP contribution in [0.3, 0.4) is 0 Å². The third-order valence-corrected chi connectivity index (χ3v) is 5.43. The highest BCUT2D eigenvalue weighted by Gasteiger charge is 2.27. The minimum absolute atomic E-state index is 0.264. The number of likely N-dealkylation sites (N-methyl/N-ethyl adjacent to an activating group) is 1. The summed E-state index contributed by atoms with van der Waals surface area (Å²) in [6.45, 7) is 2.50. The lowest BCUT2D eigenvalue weighted by atomic mass is 10.3. The summed E-state index contributed by atoms with van der Waals surface area (Å²) in [5.41, 5.74) is 0.621. The van der Waals surface area contributed by atoms with Crippen LogP contribution in [0, 0.1) is 0 Å². The predicted octanol–water partition coefficient (Wildman–Crippen LogP) is -0.402. The van der Waals surface area contributed by atoms with E-state index < -0.39 is 10.0 Å². The molecule has 0 bridgehead atoms. The molecule has 1 fully saturated rings. The summed E-state index contributed by atoms with van der Waals surface area (Å²) in [7, 11) is -1.49. The van der Waals surface area contributed by atoms with Crippen LogP contribution in [-0.2, 0) is 10.0 Å². The molecule has 0 aliphatic carbocycles. The highest BCUT2D eigenvalue weighted by Crippen LogP contribution is 2.19. The zero-order valence-corrected chi connectivity index (χ0v) is 12.4. The summed E-state index contributed by atoms with van der Waals surface area (Å²) < 4.78 is 28.3. The molecule has 9 heteroatoms. The lowest BCUT2D eigenvalue weighted by Gasteiger charge is -2.31. The maximum absolute atomic E-state index is 12.7. The molecule has 0 spiro atoms. The Bertz CT molecular complexity index is 707. The van der Waals surface area contributed by atoms with Crippen LogP contribution in [0.2, 0.25) is 0 Å². The van der Waals surface area contributed by atoms with Crippen LogP contribution in [-0.4, -0.2) is 71.1 Å². The summed E-state index contributed by atoms with van der Waals surface area (Å²) in [6.07, 6.45) is 1.43. The second-order valence-electron chi connectivity index (χ2n) is 4.96. The summed E-state index contributed by atoms with van der Waals surface area (Å²) in [4.78, 5) is 2.38. The van der Waals surface area contributed by atoms with Gasteiger partial charge in [0.05, 0.1) is 10.6 Å². The zero-order valence-electron chi connectivity index (χ0n) is 11.6. The van der Waals surface area contributed by atoms with Gasteiger partial charge in [-0.15, -0.1) is 5.10 Å². The Morgan fingerprint density at radius 2 is 1.90 bits per heavy atom. The second kappa shape index (κ2) is 5.51. The first kappa shape index (κ1) is 14.1. The van der Waals surface area contributed by atoms with Crippen LogP contribution >= 0.6 is 0 Å². The third-order valence-electron chi connectivity index (χ3n) is 3.53. The second-order valence-corrected chi connectivity index (χ2v) is 6.90. The van der Waals surface area contributed by atoms with Crippen molar-refractivity contribution in [3.63, 3.8) is 0 Å². The fraction of sp³-hybridized carbons (Fsp3) is 0.417. The van der Waals surface area contributed by atoms with Crippen LogP contribution in [0.5, 0.6) is 0 Å². The molecule has 0 N–H and O–H groups in total. The van der Waals surface area contributed by atoms with Crippen LogP contribution in [0.15, 0.2) is 35.5 Å². The molecule has 21 heavy (non-hydrogen) atoms. The molecule has 0 radical (unpaired) electrons. The molecular weight excluding hydrogens is 292 g/mol. The van der Waals surface area contributed by atoms with Crippen LogP contribution in [0.25, 0.3) is 5.69 Å². The van der Waals surface area contributed by atoms with Crippen molar-refractivity contribution in [2.75, 3.05) is 33.2 Å². The van der Waals surface area contributed by atoms with E-state index in [2.05, 4.69) is 20.4 Å². The maximum Gasteiger partial charge on any atom is 0.243 e. The van der Waals surface area contributed by atoms with E-state index in [0.29, 0.717) is 18.8 Å². The van der Waals surface area contributed by atoms with E-state index in [-0.39, 0.29) is 4.90 Å². The van der Waals surface area contributed by atoms with Gasteiger partial charge in [-0.1, -0.05) is 6.07 Å². The standard InChI is InChI=1S/C12H16N6O2S/c1-16-5-7-17(8-6-16)21(19,20)12-4-2-3-11(9-12)18-10-13-14-15-18/h2-4,9-10H,5-8H2,1H3. The van der Waals surface area contributed by atoms with Crippen LogP contribution in [0.1, 0.15) is 0 Å². The van der Waals surface area contributed by atoms with Gasteiger partial charge < -0.3 is 4.90 Å². The van der Waals surface area contributed by atoms with Gasteiger partial charge in [-0.05, 0) is 35.7 Å². The average molecular weight is 308 g/mol. The van der Waals surface area contributed by atoms with E-state index >= 15 is 0 Å². The molecule has 1 saturated heterocycles. The largest absolute Gasteiger partial charge is 0.304 e. The average Bonchev–Trinajstić information content (AvgIpc) is 3.02. The van der Waals surface area contributed by atoms with Gasteiger partial charge in [0, 0.05) is 26.2 Å². The van der Waals surface area contributed by atoms with Gasteiger partial charge >= 0.3 is 0 Å². The number of sulfonamides is 1. The van der Waals surface area contributed by atoms with Crippen molar-refractivity contribution in [2.24, 2.45) is 0 Å². The summed E-state index contributed by atoms with van der Waals surface area (Å²) in [5, 5.41) is 10.9. The van der Waals surface area contributed by atoms with Crippen molar-refractivity contribution in [1.82, 2.24) is 29.4 Å². The molecule has 1 aliphatic heterocycles.